The number of benzene rings is 2. The van der Waals surface area contributed by atoms with Crippen LogP contribution in [-0.2, 0) is 22.5 Å². The standard InChI is InChI=1S/C13H20O2.C13H18O2.Mn.2O/c2*1-5-12(14)11-7-6-10(4)13(8-11)15-9(2)3;;;/h6-9,12,14H,5H2,1-4H3;6-9H,5H2,1-4H3;;;. The van der Waals surface area contributed by atoms with E-state index < -0.39 is 14.8 Å². The van der Waals surface area contributed by atoms with Crippen molar-refractivity contribution in [2.24, 2.45) is 0 Å². The van der Waals surface area contributed by atoms with Gasteiger partial charge >= 0.3 is 22.5 Å². The number of ketones is 1. The first-order chi connectivity index (χ1) is 15.5. The van der Waals surface area contributed by atoms with Gasteiger partial charge in [0.05, 0.1) is 18.3 Å². The summed E-state index contributed by atoms with van der Waals surface area (Å²) in [6.45, 7) is 15.8. The van der Waals surface area contributed by atoms with Crippen molar-refractivity contribution in [2.45, 2.75) is 86.5 Å². The van der Waals surface area contributed by atoms with Gasteiger partial charge in [-0.3, -0.25) is 4.79 Å². The number of carbonyl (C=O) groups is 1. The Hall–Kier alpha value is -2.21. The average Bonchev–Trinajstić information content (AvgIpc) is 2.76. The summed E-state index contributed by atoms with van der Waals surface area (Å²) in [7, 11) is 0. The van der Waals surface area contributed by atoms with E-state index in [0.29, 0.717) is 6.42 Å². The van der Waals surface area contributed by atoms with E-state index in [9.17, 15) is 9.90 Å². The molecule has 0 aliphatic rings. The van der Waals surface area contributed by atoms with Gasteiger partial charge < -0.3 is 14.6 Å². The summed E-state index contributed by atoms with van der Waals surface area (Å²) in [6, 6.07) is 11.5. The van der Waals surface area contributed by atoms with Gasteiger partial charge in [0.2, 0.25) is 0 Å². The number of hydrogen-bond donors (Lipinski definition) is 1. The Morgan fingerprint density at radius 3 is 1.76 bits per heavy atom. The van der Waals surface area contributed by atoms with Gasteiger partial charge in [-0.05, 0) is 76.8 Å². The van der Waals surface area contributed by atoms with Crippen molar-refractivity contribution in [3.8, 4) is 11.5 Å². The Morgan fingerprint density at radius 1 is 0.879 bits per heavy atom. The second-order valence-corrected chi connectivity index (χ2v) is 8.30. The molecule has 2 rings (SSSR count). The Bertz CT molecular complexity index is 902. The predicted molar refractivity (Wildman–Crippen MR) is 125 cm³/mol. The maximum absolute atomic E-state index is 11.5. The van der Waals surface area contributed by atoms with Crippen molar-refractivity contribution in [2.75, 3.05) is 0 Å². The molecule has 0 amide bonds. The van der Waals surface area contributed by atoms with E-state index in [2.05, 4.69) is 0 Å². The molecule has 0 fully saturated rings. The molecule has 6 nitrogen and oxygen atoms in total. The summed E-state index contributed by atoms with van der Waals surface area (Å²) >= 11 is -1.44. The fourth-order valence-electron chi connectivity index (χ4n) is 2.80. The van der Waals surface area contributed by atoms with Crippen LogP contribution in [0, 0.1) is 13.8 Å². The Balaban J connectivity index is 0.000000555. The van der Waals surface area contributed by atoms with Gasteiger partial charge in [0.1, 0.15) is 11.5 Å². The monoisotopic (exact) mass is 501 g/mol. The van der Waals surface area contributed by atoms with E-state index in [1.54, 1.807) is 0 Å². The zero-order valence-electron chi connectivity index (χ0n) is 21.0. The Kier molecular flexibility index (Phi) is 15.3. The third kappa shape index (κ3) is 12.0. The molecule has 1 unspecified atom stereocenters. The van der Waals surface area contributed by atoms with Crippen molar-refractivity contribution in [1.29, 1.82) is 0 Å². The summed E-state index contributed by atoms with van der Waals surface area (Å²) in [4.78, 5) is 11.5. The summed E-state index contributed by atoms with van der Waals surface area (Å²) in [5, 5.41) is 9.72. The zero-order chi connectivity index (χ0) is 25.6. The van der Waals surface area contributed by atoms with E-state index in [1.807, 2.05) is 91.8 Å². The van der Waals surface area contributed by atoms with Gasteiger partial charge in [-0.25, -0.2) is 0 Å². The van der Waals surface area contributed by atoms with Gasteiger partial charge in [0.15, 0.2) is 5.78 Å². The van der Waals surface area contributed by atoms with Crippen LogP contribution in [0.4, 0.5) is 0 Å². The number of Topliss-reactive ketones (excluding diaryl/α,β-unsaturated/α-hetero) is 1. The molecule has 0 aliphatic heterocycles. The van der Waals surface area contributed by atoms with Crippen LogP contribution in [0.5, 0.6) is 11.5 Å². The van der Waals surface area contributed by atoms with Gasteiger partial charge in [-0.15, -0.1) is 0 Å². The van der Waals surface area contributed by atoms with Crippen LogP contribution in [0.2, 0.25) is 0 Å². The average molecular weight is 502 g/mol. The van der Waals surface area contributed by atoms with Crippen LogP contribution in [0.3, 0.4) is 0 Å². The van der Waals surface area contributed by atoms with Crippen molar-refractivity contribution >= 4 is 5.78 Å². The second kappa shape index (κ2) is 16.4. The van der Waals surface area contributed by atoms with Gasteiger partial charge in [-0.2, -0.15) is 0 Å². The first kappa shape index (κ1) is 30.8. The molecule has 7 heteroatoms. The molecular weight excluding hydrogens is 463 g/mol. The maximum atomic E-state index is 11.5. The molecule has 0 aromatic heterocycles. The summed E-state index contributed by atoms with van der Waals surface area (Å²) < 4.78 is 28.1. The minimum absolute atomic E-state index is 0.135. The molecule has 1 atom stereocenters. The third-order valence-electron chi connectivity index (χ3n) is 4.54. The molecule has 0 radical (unpaired) electrons. The molecule has 0 aliphatic carbocycles. The quantitative estimate of drug-likeness (QED) is 0.334. The molecule has 0 heterocycles. The molecular formula is C26H38MnO6. The van der Waals surface area contributed by atoms with E-state index in [0.717, 1.165) is 40.2 Å². The van der Waals surface area contributed by atoms with E-state index >= 15 is 0 Å². The molecule has 2 aromatic rings. The number of aliphatic hydroxyl groups excluding tert-OH is 1. The molecule has 0 saturated carbocycles. The topological polar surface area (TPSA) is 89.9 Å². The van der Waals surface area contributed by atoms with Crippen molar-refractivity contribution in [1.82, 2.24) is 0 Å². The fourth-order valence-corrected chi connectivity index (χ4v) is 2.80. The van der Waals surface area contributed by atoms with Crippen molar-refractivity contribution in [3.63, 3.8) is 0 Å². The molecule has 1 N–H and O–H groups in total. The summed E-state index contributed by atoms with van der Waals surface area (Å²) in [5.41, 5.74) is 3.84. The van der Waals surface area contributed by atoms with Crippen LogP contribution in [0.1, 0.15) is 87.5 Å². The molecule has 0 saturated heterocycles. The van der Waals surface area contributed by atoms with Crippen LogP contribution < -0.4 is 9.47 Å². The van der Waals surface area contributed by atoms with Crippen LogP contribution >= 0.6 is 0 Å². The number of aryl methyl sites for hydroxylation is 2. The third-order valence-corrected chi connectivity index (χ3v) is 4.54. The zero-order valence-corrected chi connectivity index (χ0v) is 22.2. The first-order valence-corrected chi connectivity index (χ1v) is 12.1. The number of carbonyl (C=O) groups excluding carboxylic acids is 1. The summed E-state index contributed by atoms with van der Waals surface area (Å²) in [5.74, 6) is 1.84. The fraction of sp³-hybridized carbons (Fsp3) is 0.500. The van der Waals surface area contributed by atoms with Crippen LogP contribution in [0.25, 0.3) is 0 Å². The second-order valence-electron chi connectivity index (χ2n) is 8.10. The number of rotatable bonds is 8. The van der Waals surface area contributed by atoms with Gasteiger partial charge in [0, 0.05) is 12.0 Å². The molecule has 185 valence electrons. The molecule has 0 bridgehead atoms. The summed E-state index contributed by atoms with van der Waals surface area (Å²) in [6.07, 6.45) is 1.17. The predicted octanol–water partition coefficient (Wildman–Crippen LogP) is 6.36. The van der Waals surface area contributed by atoms with Gasteiger partial charge in [-0.1, -0.05) is 38.1 Å². The van der Waals surface area contributed by atoms with Crippen LogP contribution in [-0.4, -0.2) is 23.1 Å². The molecule has 0 spiro atoms. The van der Waals surface area contributed by atoms with Crippen molar-refractivity contribution < 1.29 is 41.9 Å². The van der Waals surface area contributed by atoms with E-state index in [4.69, 9.17) is 17.1 Å². The SMILES string of the molecule is CCC(=O)c1ccc(C)c(OC(C)C)c1.CCC(O)c1ccc(C)c(OC(C)C)c1.[O]=[Mn]=[O]. The minimum atomic E-state index is -1.44. The van der Waals surface area contributed by atoms with Gasteiger partial charge in [0.25, 0.3) is 0 Å². The first-order valence-electron chi connectivity index (χ1n) is 11.2. The normalized spacial score (nSPS) is 11.0. The Morgan fingerprint density at radius 2 is 1.33 bits per heavy atom. The van der Waals surface area contributed by atoms with E-state index in [1.165, 1.54) is 0 Å². The molecule has 33 heavy (non-hydrogen) atoms. The van der Waals surface area contributed by atoms with E-state index in [-0.39, 0.29) is 24.1 Å². The Labute approximate surface area is 204 Å². The van der Waals surface area contributed by atoms with Crippen LogP contribution in [0.15, 0.2) is 36.4 Å². The number of ether oxygens (including phenoxy) is 2. The number of hydrogen-bond acceptors (Lipinski definition) is 6. The molecule has 2 aromatic carbocycles. The van der Waals surface area contributed by atoms with Crippen molar-refractivity contribution in [3.05, 3.63) is 58.7 Å². The number of aliphatic hydroxyl groups is 1.